The number of hydrogen-bond acceptors (Lipinski definition) is 4. The molecule has 0 aliphatic rings. The molecule has 0 amide bonds. The van der Waals surface area contributed by atoms with Crippen LogP contribution in [-0.2, 0) is 0 Å². The summed E-state index contributed by atoms with van der Waals surface area (Å²) >= 11 is 1.65. The van der Waals surface area contributed by atoms with E-state index in [1.165, 1.54) is 0 Å². The van der Waals surface area contributed by atoms with E-state index in [2.05, 4.69) is 12.1 Å². The first-order chi connectivity index (χ1) is 11.7. The molecule has 118 valence electrons. The molecule has 0 atom stereocenters. The summed E-state index contributed by atoms with van der Waals surface area (Å²) in [5, 5.41) is 0.941. The van der Waals surface area contributed by atoms with E-state index < -0.39 is 0 Å². The lowest BCUT2D eigenvalue weighted by molar-refractivity contribution is 0.415. The van der Waals surface area contributed by atoms with Crippen molar-refractivity contribution >= 4 is 22.3 Å². The summed E-state index contributed by atoms with van der Waals surface area (Å²) in [5.74, 6) is 0.827. The van der Waals surface area contributed by atoms with Crippen molar-refractivity contribution in [2.24, 2.45) is 0 Å². The molecule has 24 heavy (non-hydrogen) atoms. The zero-order valence-corrected chi connectivity index (χ0v) is 13.8. The number of hydrogen-bond donors (Lipinski definition) is 0. The molecule has 2 aromatic carbocycles. The average Bonchev–Trinajstić information content (AvgIpc) is 3.11. The van der Waals surface area contributed by atoms with Gasteiger partial charge in [0.05, 0.1) is 7.11 Å². The second-order valence-electron chi connectivity index (χ2n) is 5.37. The predicted octanol–water partition coefficient (Wildman–Crippen LogP) is 5.20. The molecular formula is C20H14O3S. The first-order valence-electron chi connectivity index (χ1n) is 7.52. The Morgan fingerprint density at radius 2 is 1.75 bits per heavy atom. The summed E-state index contributed by atoms with van der Waals surface area (Å²) < 4.78 is 10.6. The Bertz CT molecular complexity index is 1080. The van der Waals surface area contributed by atoms with E-state index in [0.717, 1.165) is 32.0 Å². The molecule has 0 spiro atoms. The second-order valence-corrected chi connectivity index (χ2v) is 6.45. The van der Waals surface area contributed by atoms with Gasteiger partial charge in [-0.05, 0) is 35.9 Å². The molecule has 4 heteroatoms. The Balaban J connectivity index is 1.85. The highest BCUT2D eigenvalue weighted by molar-refractivity contribution is 7.18. The van der Waals surface area contributed by atoms with Crippen LogP contribution in [0.4, 0.5) is 0 Å². The van der Waals surface area contributed by atoms with Crippen LogP contribution in [0.2, 0.25) is 0 Å². The maximum absolute atomic E-state index is 11.9. The SMILES string of the molecule is COc1cccc(-c2ccc(-c3cc(=O)oc4ccccc34)s2)c1. The zero-order chi connectivity index (χ0) is 16.5. The van der Waals surface area contributed by atoms with Gasteiger partial charge in [-0.3, -0.25) is 0 Å². The fourth-order valence-electron chi connectivity index (χ4n) is 2.73. The average molecular weight is 334 g/mol. The number of rotatable bonds is 3. The molecule has 0 saturated heterocycles. The Hall–Kier alpha value is -2.85. The fraction of sp³-hybridized carbons (Fsp3) is 0.0500. The molecular weight excluding hydrogens is 320 g/mol. The highest BCUT2D eigenvalue weighted by Crippen LogP contribution is 2.37. The van der Waals surface area contributed by atoms with Crippen molar-refractivity contribution in [3.8, 4) is 26.6 Å². The van der Waals surface area contributed by atoms with Crippen LogP contribution in [0.3, 0.4) is 0 Å². The van der Waals surface area contributed by atoms with Gasteiger partial charge < -0.3 is 9.15 Å². The normalized spacial score (nSPS) is 10.9. The third-order valence-corrected chi connectivity index (χ3v) is 5.04. The predicted molar refractivity (Wildman–Crippen MR) is 97.8 cm³/mol. The fourth-order valence-corrected chi connectivity index (χ4v) is 3.76. The van der Waals surface area contributed by atoms with Crippen LogP contribution in [0.5, 0.6) is 5.75 Å². The minimum absolute atomic E-state index is 0.333. The first-order valence-corrected chi connectivity index (χ1v) is 8.34. The number of ether oxygens (including phenoxy) is 1. The summed E-state index contributed by atoms with van der Waals surface area (Å²) in [7, 11) is 1.66. The number of benzene rings is 2. The number of fused-ring (bicyclic) bond motifs is 1. The molecule has 4 aromatic rings. The topological polar surface area (TPSA) is 39.4 Å². The molecule has 3 nitrogen and oxygen atoms in total. The van der Waals surface area contributed by atoms with E-state index in [-0.39, 0.29) is 5.63 Å². The van der Waals surface area contributed by atoms with Gasteiger partial charge in [0.2, 0.25) is 0 Å². The lowest BCUT2D eigenvalue weighted by Gasteiger charge is -2.03. The van der Waals surface area contributed by atoms with Gasteiger partial charge >= 0.3 is 5.63 Å². The summed E-state index contributed by atoms with van der Waals surface area (Å²) in [4.78, 5) is 14.0. The monoisotopic (exact) mass is 334 g/mol. The number of thiophene rings is 1. The number of methoxy groups -OCH3 is 1. The summed E-state index contributed by atoms with van der Waals surface area (Å²) in [5.41, 5.74) is 2.27. The van der Waals surface area contributed by atoms with E-state index in [1.807, 2.05) is 48.5 Å². The lowest BCUT2D eigenvalue weighted by atomic mass is 10.1. The Morgan fingerprint density at radius 3 is 2.62 bits per heavy atom. The van der Waals surface area contributed by atoms with Crippen molar-refractivity contribution in [2.75, 3.05) is 7.11 Å². The molecule has 4 rings (SSSR count). The second kappa shape index (κ2) is 5.98. The van der Waals surface area contributed by atoms with Crippen molar-refractivity contribution in [2.45, 2.75) is 0 Å². The van der Waals surface area contributed by atoms with Crippen molar-refractivity contribution in [3.63, 3.8) is 0 Å². The zero-order valence-electron chi connectivity index (χ0n) is 13.0. The molecule has 0 N–H and O–H groups in total. The largest absolute Gasteiger partial charge is 0.497 e. The van der Waals surface area contributed by atoms with Crippen LogP contribution in [0.15, 0.2) is 75.9 Å². The smallest absolute Gasteiger partial charge is 0.336 e. The molecule has 2 heterocycles. The van der Waals surface area contributed by atoms with Crippen LogP contribution in [0, 0.1) is 0 Å². The summed E-state index contributed by atoms with van der Waals surface area (Å²) in [6.45, 7) is 0. The Morgan fingerprint density at radius 1 is 0.917 bits per heavy atom. The molecule has 2 aromatic heterocycles. The molecule has 0 bridgehead atoms. The van der Waals surface area contributed by atoms with Crippen LogP contribution >= 0.6 is 11.3 Å². The summed E-state index contributed by atoms with van der Waals surface area (Å²) in [6, 6.07) is 21.2. The van der Waals surface area contributed by atoms with Gasteiger partial charge in [0, 0.05) is 26.8 Å². The Labute approximate surface area is 142 Å². The van der Waals surface area contributed by atoms with E-state index >= 15 is 0 Å². The van der Waals surface area contributed by atoms with Crippen LogP contribution in [0.25, 0.3) is 31.9 Å². The van der Waals surface area contributed by atoms with Crippen LogP contribution in [0.1, 0.15) is 0 Å². The van der Waals surface area contributed by atoms with E-state index in [0.29, 0.717) is 5.58 Å². The third-order valence-electron chi connectivity index (χ3n) is 3.88. The third kappa shape index (κ3) is 2.61. The van der Waals surface area contributed by atoms with Crippen molar-refractivity contribution < 1.29 is 9.15 Å². The lowest BCUT2D eigenvalue weighted by Crippen LogP contribution is -1.97. The van der Waals surface area contributed by atoms with Crippen molar-refractivity contribution in [3.05, 3.63) is 77.2 Å². The molecule has 0 radical (unpaired) electrons. The summed E-state index contributed by atoms with van der Waals surface area (Å²) in [6.07, 6.45) is 0. The molecule has 0 aliphatic heterocycles. The van der Waals surface area contributed by atoms with Gasteiger partial charge in [-0.1, -0.05) is 30.3 Å². The van der Waals surface area contributed by atoms with E-state index in [1.54, 1.807) is 24.5 Å². The van der Waals surface area contributed by atoms with Gasteiger partial charge in [0.25, 0.3) is 0 Å². The van der Waals surface area contributed by atoms with Gasteiger partial charge in [-0.2, -0.15) is 0 Å². The van der Waals surface area contributed by atoms with Gasteiger partial charge in [-0.15, -0.1) is 11.3 Å². The van der Waals surface area contributed by atoms with Gasteiger partial charge in [-0.25, -0.2) is 4.79 Å². The van der Waals surface area contributed by atoms with Gasteiger partial charge in [0.15, 0.2) is 0 Å². The van der Waals surface area contributed by atoms with Crippen LogP contribution < -0.4 is 10.4 Å². The highest BCUT2D eigenvalue weighted by Gasteiger charge is 2.11. The van der Waals surface area contributed by atoms with E-state index in [4.69, 9.17) is 9.15 Å². The number of para-hydroxylation sites is 1. The Kier molecular flexibility index (Phi) is 3.67. The van der Waals surface area contributed by atoms with Crippen molar-refractivity contribution in [1.29, 1.82) is 0 Å². The van der Waals surface area contributed by atoms with Crippen molar-refractivity contribution in [1.82, 2.24) is 0 Å². The first kappa shape index (κ1) is 14.7. The quantitative estimate of drug-likeness (QED) is 0.484. The molecule has 0 saturated carbocycles. The molecule has 0 aliphatic carbocycles. The maximum atomic E-state index is 11.9. The molecule has 0 fully saturated rings. The minimum atomic E-state index is -0.333. The maximum Gasteiger partial charge on any atom is 0.336 e. The standard InChI is InChI=1S/C20H14O3S/c1-22-14-6-4-5-13(11-14)18-9-10-19(24-18)16-12-20(21)23-17-8-3-2-7-15(16)17/h2-12H,1H3. The van der Waals surface area contributed by atoms with E-state index in [9.17, 15) is 4.79 Å². The molecule has 0 unspecified atom stereocenters. The van der Waals surface area contributed by atoms with Crippen LogP contribution in [-0.4, -0.2) is 7.11 Å². The highest BCUT2D eigenvalue weighted by atomic mass is 32.1. The minimum Gasteiger partial charge on any atom is -0.497 e. The van der Waals surface area contributed by atoms with Gasteiger partial charge in [0.1, 0.15) is 11.3 Å².